The average Bonchev–Trinajstić information content (AvgIpc) is 2.81. The van der Waals surface area contributed by atoms with Gasteiger partial charge in [0.25, 0.3) is 0 Å². The molecule has 5 nitrogen and oxygen atoms in total. The van der Waals surface area contributed by atoms with Crippen LogP contribution in [0.15, 0.2) is 54.6 Å². The van der Waals surface area contributed by atoms with E-state index >= 15 is 0 Å². The van der Waals surface area contributed by atoms with Gasteiger partial charge in [0, 0.05) is 17.2 Å². The molecule has 2 aromatic rings. The first-order valence-electron chi connectivity index (χ1n) is 11.4. The smallest absolute Gasteiger partial charge is 0.333 e. The topological polar surface area (TPSA) is 65.0 Å². The van der Waals surface area contributed by atoms with Gasteiger partial charge in [-0.15, -0.1) is 0 Å². The van der Waals surface area contributed by atoms with Crippen molar-refractivity contribution in [3.05, 3.63) is 60.2 Å². The quantitative estimate of drug-likeness (QED) is 0.301. The van der Waals surface area contributed by atoms with E-state index in [1.165, 1.54) is 31.2 Å². The molecule has 0 unspecified atom stereocenters. The minimum atomic E-state index is -0.429. The largest absolute Gasteiger partial charge is 0.491 e. The maximum absolute atomic E-state index is 11.6. The average molecular weight is 439 g/mol. The Labute approximate surface area is 191 Å². The number of hydrogen-bond donors (Lipinski definition) is 1. The Balaban J connectivity index is 1.73. The van der Waals surface area contributed by atoms with Crippen LogP contribution < -0.4 is 9.47 Å². The first-order chi connectivity index (χ1) is 15.5. The highest BCUT2D eigenvalue weighted by atomic mass is 16.6. The van der Waals surface area contributed by atoms with Crippen molar-refractivity contribution in [2.24, 2.45) is 5.92 Å². The molecule has 0 heterocycles. The van der Waals surface area contributed by atoms with E-state index in [0.29, 0.717) is 23.0 Å². The van der Waals surface area contributed by atoms with Gasteiger partial charge >= 0.3 is 5.97 Å². The minimum Gasteiger partial charge on any atom is -0.491 e. The Morgan fingerprint density at radius 1 is 1.00 bits per heavy atom. The van der Waals surface area contributed by atoms with Crippen molar-refractivity contribution >= 4 is 5.97 Å². The molecule has 2 aromatic carbocycles. The van der Waals surface area contributed by atoms with Crippen molar-refractivity contribution in [3.8, 4) is 22.6 Å². The molecule has 0 spiro atoms. The number of ether oxygens (including phenoxy) is 3. The SMILES string of the molecule is C=C(C)C(=O)OCCOc1cc(OCCO)ccc1-c1ccc(C2CCC(C)CC2)cc1. The molecule has 32 heavy (non-hydrogen) atoms. The molecule has 1 saturated carbocycles. The highest BCUT2D eigenvalue weighted by molar-refractivity contribution is 5.86. The highest BCUT2D eigenvalue weighted by Gasteiger charge is 2.20. The zero-order valence-corrected chi connectivity index (χ0v) is 19.1. The molecular weight excluding hydrogens is 404 g/mol. The van der Waals surface area contributed by atoms with Gasteiger partial charge in [-0.25, -0.2) is 4.79 Å². The lowest BCUT2D eigenvalue weighted by molar-refractivity contribution is -0.139. The number of benzene rings is 2. The highest BCUT2D eigenvalue weighted by Crippen LogP contribution is 2.38. The van der Waals surface area contributed by atoms with Crippen molar-refractivity contribution in [1.29, 1.82) is 0 Å². The molecule has 0 amide bonds. The Hall–Kier alpha value is -2.79. The van der Waals surface area contributed by atoms with Crippen molar-refractivity contribution in [3.63, 3.8) is 0 Å². The van der Waals surface area contributed by atoms with Crippen molar-refractivity contribution in [1.82, 2.24) is 0 Å². The summed E-state index contributed by atoms with van der Waals surface area (Å²) in [6, 6.07) is 14.4. The molecule has 0 bridgehead atoms. The Morgan fingerprint density at radius 3 is 2.38 bits per heavy atom. The normalized spacial score (nSPS) is 18.1. The van der Waals surface area contributed by atoms with Crippen molar-refractivity contribution in [2.75, 3.05) is 26.4 Å². The summed E-state index contributed by atoms with van der Waals surface area (Å²) in [6.45, 7) is 8.03. The Morgan fingerprint density at radius 2 is 1.72 bits per heavy atom. The second-order valence-electron chi connectivity index (χ2n) is 8.57. The number of aliphatic hydroxyl groups excluding tert-OH is 1. The lowest BCUT2D eigenvalue weighted by atomic mass is 9.79. The molecule has 0 atom stereocenters. The number of carbonyl (C=O) groups is 1. The molecule has 5 heteroatoms. The predicted molar refractivity (Wildman–Crippen MR) is 126 cm³/mol. The fourth-order valence-corrected chi connectivity index (χ4v) is 4.05. The molecule has 0 aliphatic heterocycles. The minimum absolute atomic E-state index is 0.0593. The molecule has 1 fully saturated rings. The fraction of sp³-hybridized carbons (Fsp3) is 0.444. The van der Waals surface area contributed by atoms with E-state index in [0.717, 1.165) is 17.0 Å². The molecular formula is C27H34O5. The van der Waals surface area contributed by atoms with Gasteiger partial charge in [0.2, 0.25) is 0 Å². The van der Waals surface area contributed by atoms with E-state index in [2.05, 4.69) is 37.8 Å². The summed E-state index contributed by atoms with van der Waals surface area (Å²) >= 11 is 0. The number of hydrogen-bond acceptors (Lipinski definition) is 5. The van der Waals surface area contributed by atoms with Crippen LogP contribution in [0, 0.1) is 5.92 Å². The van der Waals surface area contributed by atoms with Crippen LogP contribution in [0.25, 0.3) is 11.1 Å². The third-order valence-corrected chi connectivity index (χ3v) is 5.94. The molecule has 0 aromatic heterocycles. The first-order valence-corrected chi connectivity index (χ1v) is 11.4. The predicted octanol–water partition coefficient (Wildman–Crippen LogP) is 5.52. The van der Waals surface area contributed by atoms with E-state index in [-0.39, 0.29) is 26.4 Å². The van der Waals surface area contributed by atoms with Gasteiger partial charge in [-0.3, -0.25) is 0 Å². The lowest BCUT2D eigenvalue weighted by Crippen LogP contribution is -2.13. The Kier molecular flexibility index (Phi) is 8.74. The van der Waals surface area contributed by atoms with Gasteiger partial charge in [-0.05, 0) is 54.9 Å². The maximum Gasteiger partial charge on any atom is 0.333 e. The van der Waals surface area contributed by atoms with Gasteiger partial charge in [0.15, 0.2) is 0 Å². The summed E-state index contributed by atoms with van der Waals surface area (Å²) < 4.78 is 16.6. The molecule has 0 saturated heterocycles. The summed E-state index contributed by atoms with van der Waals surface area (Å²) in [5.41, 5.74) is 3.76. The third kappa shape index (κ3) is 6.60. The van der Waals surface area contributed by atoms with Gasteiger partial charge in [-0.1, -0.05) is 50.6 Å². The third-order valence-electron chi connectivity index (χ3n) is 5.94. The van der Waals surface area contributed by atoms with Gasteiger partial charge in [0.05, 0.1) is 6.61 Å². The lowest BCUT2D eigenvalue weighted by Gasteiger charge is -2.26. The van der Waals surface area contributed by atoms with Crippen LogP contribution in [0.2, 0.25) is 0 Å². The van der Waals surface area contributed by atoms with Crippen LogP contribution in [-0.4, -0.2) is 37.5 Å². The van der Waals surface area contributed by atoms with Crippen LogP contribution >= 0.6 is 0 Å². The molecule has 3 rings (SSSR count). The number of esters is 1. The Bertz CT molecular complexity index is 895. The summed E-state index contributed by atoms with van der Waals surface area (Å²) in [7, 11) is 0. The van der Waals surface area contributed by atoms with E-state index < -0.39 is 5.97 Å². The van der Waals surface area contributed by atoms with Crippen molar-refractivity contribution in [2.45, 2.75) is 45.4 Å². The van der Waals surface area contributed by atoms with Gasteiger partial charge < -0.3 is 19.3 Å². The zero-order valence-electron chi connectivity index (χ0n) is 19.1. The fourth-order valence-electron chi connectivity index (χ4n) is 4.05. The van der Waals surface area contributed by atoms with Crippen LogP contribution in [0.5, 0.6) is 11.5 Å². The number of carbonyl (C=O) groups excluding carboxylic acids is 1. The monoisotopic (exact) mass is 438 g/mol. The van der Waals surface area contributed by atoms with Crippen LogP contribution in [-0.2, 0) is 9.53 Å². The molecule has 1 aliphatic rings. The second kappa shape index (κ2) is 11.7. The summed E-state index contributed by atoms with van der Waals surface area (Å²) in [6.07, 6.45) is 5.12. The zero-order chi connectivity index (χ0) is 22.9. The van der Waals surface area contributed by atoms with E-state index in [9.17, 15) is 4.79 Å². The molecule has 0 radical (unpaired) electrons. The van der Waals surface area contributed by atoms with E-state index in [1.807, 2.05) is 18.2 Å². The summed E-state index contributed by atoms with van der Waals surface area (Å²) in [4.78, 5) is 11.6. The first kappa shape index (κ1) is 23.9. The molecule has 172 valence electrons. The summed E-state index contributed by atoms with van der Waals surface area (Å²) in [5.74, 6) is 2.32. The van der Waals surface area contributed by atoms with Crippen LogP contribution in [0.3, 0.4) is 0 Å². The number of rotatable bonds is 10. The van der Waals surface area contributed by atoms with E-state index in [1.54, 1.807) is 6.92 Å². The maximum atomic E-state index is 11.6. The van der Waals surface area contributed by atoms with Gasteiger partial charge in [0.1, 0.15) is 31.3 Å². The summed E-state index contributed by atoms with van der Waals surface area (Å²) in [5, 5.41) is 9.04. The van der Waals surface area contributed by atoms with Crippen LogP contribution in [0.1, 0.15) is 51.0 Å². The van der Waals surface area contributed by atoms with Crippen LogP contribution in [0.4, 0.5) is 0 Å². The second-order valence-corrected chi connectivity index (χ2v) is 8.57. The standard InChI is InChI=1S/C27H34O5/c1-19(2)27(29)32-17-16-31-26-18-24(30-15-14-28)12-13-25(26)23-10-8-22(9-11-23)21-6-4-20(3)5-7-21/h8-13,18,20-21,28H,1,4-7,14-17H2,2-3H3. The number of aliphatic hydroxyl groups is 1. The molecule has 1 N–H and O–H groups in total. The van der Waals surface area contributed by atoms with Gasteiger partial charge in [-0.2, -0.15) is 0 Å². The van der Waals surface area contributed by atoms with E-state index in [4.69, 9.17) is 19.3 Å². The molecule has 1 aliphatic carbocycles. The van der Waals surface area contributed by atoms with Crippen molar-refractivity contribution < 1.29 is 24.1 Å².